The lowest BCUT2D eigenvalue weighted by Crippen LogP contribution is -2.56. The minimum atomic E-state index is -4.97. The monoisotopic (exact) mass is 274 g/mol. The zero-order valence-electron chi connectivity index (χ0n) is 8.26. The number of ketones is 1. The number of phosphoric ester groups is 1. The summed E-state index contributed by atoms with van der Waals surface area (Å²) >= 11 is 0. The Morgan fingerprint density at radius 3 is 2.12 bits per heavy atom. The molecule has 0 amide bonds. The second kappa shape index (κ2) is 5.65. The average Bonchev–Trinajstić information content (AvgIpc) is 2.22. The van der Waals surface area contributed by atoms with E-state index in [1.807, 2.05) is 0 Å². The Bertz CT molecular complexity index is 347. The van der Waals surface area contributed by atoms with Crippen LogP contribution in [-0.2, 0) is 18.7 Å². The number of aliphatic hydroxyl groups is 3. The zero-order valence-corrected chi connectivity index (χ0v) is 9.15. The Kier molecular flexibility index (Phi) is 5.36. The highest BCUT2D eigenvalue weighted by Crippen LogP contribution is 2.35. The van der Waals surface area contributed by atoms with Crippen molar-refractivity contribution in [2.75, 3.05) is 13.2 Å². The number of aliphatic carboxylic acids is 1. The molecule has 0 rings (SSSR count). The molecule has 11 heteroatoms. The standard InChI is InChI=1S/C6H11O10P/c7-2-6(12,5(10)11)4(9)3(8)1-16-17(13,14)15/h4,7,9,12H,1-2H2,(H,10,11)(H2,13,14,15). The molecule has 0 aliphatic carbocycles. The summed E-state index contributed by atoms with van der Waals surface area (Å²) < 4.78 is 13.9. The number of hydrogen-bond donors (Lipinski definition) is 6. The van der Waals surface area contributed by atoms with Crippen molar-refractivity contribution < 1.29 is 48.9 Å². The summed E-state index contributed by atoms with van der Waals surface area (Å²) in [7, 11) is -4.97. The van der Waals surface area contributed by atoms with Gasteiger partial charge in [-0.2, -0.15) is 0 Å². The molecule has 6 N–H and O–H groups in total. The molecule has 0 radical (unpaired) electrons. The second-order valence-electron chi connectivity index (χ2n) is 3.02. The molecule has 0 aromatic carbocycles. The third kappa shape index (κ3) is 4.48. The molecule has 0 fully saturated rings. The van der Waals surface area contributed by atoms with Crippen LogP contribution in [0.5, 0.6) is 0 Å². The minimum Gasteiger partial charge on any atom is -0.479 e. The predicted octanol–water partition coefficient (Wildman–Crippen LogP) is -3.17. The van der Waals surface area contributed by atoms with Gasteiger partial charge in [0.1, 0.15) is 6.61 Å². The fourth-order valence-electron chi connectivity index (χ4n) is 0.764. The van der Waals surface area contributed by atoms with Crippen molar-refractivity contribution in [2.45, 2.75) is 11.7 Å². The molecule has 17 heavy (non-hydrogen) atoms. The smallest absolute Gasteiger partial charge is 0.470 e. The quantitative estimate of drug-likeness (QED) is 0.259. The first kappa shape index (κ1) is 16.1. The number of carbonyl (C=O) groups excluding carboxylic acids is 1. The Morgan fingerprint density at radius 1 is 1.35 bits per heavy atom. The van der Waals surface area contributed by atoms with Crippen LogP contribution in [0.15, 0.2) is 0 Å². The highest BCUT2D eigenvalue weighted by atomic mass is 31.2. The van der Waals surface area contributed by atoms with Crippen LogP contribution in [0.4, 0.5) is 0 Å². The Morgan fingerprint density at radius 2 is 1.82 bits per heavy atom. The van der Waals surface area contributed by atoms with Crippen molar-refractivity contribution in [3.8, 4) is 0 Å². The van der Waals surface area contributed by atoms with Gasteiger partial charge in [0.05, 0.1) is 6.61 Å². The number of carboxylic acid groups (broad SMARTS) is 1. The van der Waals surface area contributed by atoms with Crippen LogP contribution in [0, 0.1) is 0 Å². The minimum absolute atomic E-state index is 1.32. The van der Waals surface area contributed by atoms with Crippen LogP contribution in [0.3, 0.4) is 0 Å². The van der Waals surface area contributed by atoms with E-state index in [0.717, 1.165) is 0 Å². The molecule has 2 unspecified atom stereocenters. The third-order valence-electron chi connectivity index (χ3n) is 1.74. The summed E-state index contributed by atoms with van der Waals surface area (Å²) in [6.07, 6.45) is -2.59. The summed E-state index contributed by atoms with van der Waals surface area (Å²) in [4.78, 5) is 38.0. The Labute approximate surface area is 94.3 Å². The molecular formula is C6H11O10P. The molecule has 100 valence electrons. The SMILES string of the molecule is O=C(COP(=O)(O)O)C(O)C(O)(CO)C(=O)O. The van der Waals surface area contributed by atoms with Crippen molar-refractivity contribution in [2.24, 2.45) is 0 Å². The van der Waals surface area contributed by atoms with Gasteiger partial charge in [0.2, 0.25) is 5.60 Å². The average molecular weight is 274 g/mol. The molecule has 0 aliphatic rings. The van der Waals surface area contributed by atoms with Crippen molar-refractivity contribution in [1.82, 2.24) is 0 Å². The van der Waals surface area contributed by atoms with E-state index in [0.29, 0.717) is 0 Å². The largest absolute Gasteiger partial charge is 0.479 e. The summed E-state index contributed by atoms with van der Waals surface area (Å²) in [5, 5.41) is 35.4. The molecule has 0 aromatic rings. The number of phosphoric acid groups is 1. The van der Waals surface area contributed by atoms with Gasteiger partial charge in [-0.05, 0) is 0 Å². The summed E-state index contributed by atoms with van der Waals surface area (Å²) in [5.74, 6) is -3.58. The van der Waals surface area contributed by atoms with Crippen molar-refractivity contribution in [3.05, 3.63) is 0 Å². The first-order valence-electron chi connectivity index (χ1n) is 4.02. The lowest BCUT2D eigenvalue weighted by Gasteiger charge is -2.25. The van der Waals surface area contributed by atoms with Crippen LogP contribution < -0.4 is 0 Å². The van der Waals surface area contributed by atoms with Gasteiger partial charge in [0.15, 0.2) is 11.9 Å². The lowest BCUT2D eigenvalue weighted by atomic mass is 9.95. The maximum absolute atomic E-state index is 11.0. The van der Waals surface area contributed by atoms with Crippen molar-refractivity contribution >= 4 is 19.6 Å². The van der Waals surface area contributed by atoms with Crippen molar-refractivity contribution in [1.29, 1.82) is 0 Å². The zero-order chi connectivity index (χ0) is 13.9. The molecule has 10 nitrogen and oxygen atoms in total. The van der Waals surface area contributed by atoms with Crippen LogP contribution in [-0.4, -0.2) is 66.9 Å². The highest BCUT2D eigenvalue weighted by molar-refractivity contribution is 7.46. The van der Waals surface area contributed by atoms with Crippen LogP contribution in [0.25, 0.3) is 0 Å². The molecule has 0 saturated heterocycles. The number of carbonyl (C=O) groups is 2. The summed E-state index contributed by atoms with van der Waals surface area (Å²) in [6.45, 7) is -2.79. The van der Waals surface area contributed by atoms with Gasteiger partial charge in [-0.25, -0.2) is 9.36 Å². The van der Waals surface area contributed by atoms with Crippen LogP contribution >= 0.6 is 7.82 Å². The van der Waals surface area contributed by atoms with Crippen LogP contribution in [0.2, 0.25) is 0 Å². The van der Waals surface area contributed by atoms with Gasteiger partial charge in [-0.15, -0.1) is 0 Å². The lowest BCUT2D eigenvalue weighted by molar-refractivity contribution is -0.182. The van der Waals surface area contributed by atoms with Gasteiger partial charge < -0.3 is 30.2 Å². The van der Waals surface area contributed by atoms with Crippen molar-refractivity contribution in [3.63, 3.8) is 0 Å². The molecule has 0 heterocycles. The molecule has 2 atom stereocenters. The Hall–Kier alpha value is -0.870. The van der Waals surface area contributed by atoms with E-state index in [-0.39, 0.29) is 0 Å². The topological polar surface area (TPSA) is 182 Å². The number of Topliss-reactive ketones (excluding diaryl/α,β-unsaturated/α-hetero) is 1. The first-order chi connectivity index (χ1) is 7.54. The maximum atomic E-state index is 11.0. The first-order valence-corrected chi connectivity index (χ1v) is 5.55. The molecule has 0 bridgehead atoms. The van der Waals surface area contributed by atoms with Gasteiger partial charge in [-0.1, -0.05) is 0 Å². The fourth-order valence-corrected chi connectivity index (χ4v) is 1.06. The summed E-state index contributed by atoms with van der Waals surface area (Å²) in [6, 6.07) is 0. The van der Waals surface area contributed by atoms with E-state index in [1.165, 1.54) is 0 Å². The van der Waals surface area contributed by atoms with Gasteiger partial charge in [0, 0.05) is 0 Å². The molecule has 0 spiro atoms. The van der Waals surface area contributed by atoms with E-state index in [1.54, 1.807) is 0 Å². The summed E-state index contributed by atoms with van der Waals surface area (Å²) in [5.41, 5.74) is -3.16. The maximum Gasteiger partial charge on any atom is 0.470 e. The predicted molar refractivity (Wildman–Crippen MR) is 48.7 cm³/mol. The van der Waals surface area contributed by atoms with E-state index < -0.39 is 44.5 Å². The third-order valence-corrected chi connectivity index (χ3v) is 2.21. The van der Waals surface area contributed by atoms with E-state index in [4.69, 9.17) is 25.1 Å². The number of rotatable bonds is 7. The number of aliphatic hydroxyl groups excluding tert-OH is 2. The van der Waals surface area contributed by atoms with Gasteiger partial charge >= 0.3 is 13.8 Å². The fraction of sp³-hybridized carbons (Fsp3) is 0.667. The van der Waals surface area contributed by atoms with E-state index >= 15 is 0 Å². The molecule has 0 aliphatic heterocycles. The van der Waals surface area contributed by atoms with Crippen LogP contribution in [0.1, 0.15) is 0 Å². The molecular weight excluding hydrogens is 263 g/mol. The van der Waals surface area contributed by atoms with E-state index in [9.17, 15) is 19.3 Å². The normalized spacial score (nSPS) is 17.2. The molecule has 0 aromatic heterocycles. The van der Waals surface area contributed by atoms with E-state index in [2.05, 4.69) is 4.52 Å². The molecule has 0 saturated carbocycles. The number of carboxylic acids is 1. The van der Waals surface area contributed by atoms with Gasteiger partial charge in [0.25, 0.3) is 0 Å². The Balaban J connectivity index is 4.70. The number of hydrogen-bond acceptors (Lipinski definition) is 7. The highest BCUT2D eigenvalue weighted by Gasteiger charge is 2.47. The van der Waals surface area contributed by atoms with Gasteiger partial charge in [-0.3, -0.25) is 9.32 Å². The second-order valence-corrected chi connectivity index (χ2v) is 4.26.